The van der Waals surface area contributed by atoms with E-state index in [-0.39, 0.29) is 5.78 Å². The summed E-state index contributed by atoms with van der Waals surface area (Å²) in [6.07, 6.45) is 6.20. The molecule has 2 unspecified atom stereocenters. The maximum atomic E-state index is 13.2. The Morgan fingerprint density at radius 3 is 2.95 bits per heavy atom. The molecular formula is C16H25ClN2O2. The minimum atomic E-state index is -0.721. The van der Waals surface area contributed by atoms with Crippen molar-refractivity contribution < 1.29 is 9.53 Å². The van der Waals surface area contributed by atoms with E-state index >= 15 is 0 Å². The van der Waals surface area contributed by atoms with Gasteiger partial charge in [0.15, 0.2) is 0 Å². The molecule has 1 aromatic heterocycles. The zero-order valence-electron chi connectivity index (χ0n) is 13.2. The van der Waals surface area contributed by atoms with E-state index in [2.05, 4.69) is 18.9 Å². The molecule has 0 aromatic carbocycles. The number of aryl methyl sites for hydroxylation is 1. The van der Waals surface area contributed by atoms with Crippen molar-refractivity contribution in [3.63, 3.8) is 0 Å². The van der Waals surface area contributed by atoms with Gasteiger partial charge in [0.05, 0.1) is 11.2 Å². The highest BCUT2D eigenvalue weighted by Gasteiger charge is 2.44. The zero-order valence-corrected chi connectivity index (χ0v) is 13.9. The lowest BCUT2D eigenvalue weighted by Crippen LogP contribution is -2.46. The van der Waals surface area contributed by atoms with Crippen molar-refractivity contribution in [2.75, 3.05) is 6.61 Å². The van der Waals surface area contributed by atoms with Gasteiger partial charge in [-0.15, -0.1) is 0 Å². The summed E-state index contributed by atoms with van der Waals surface area (Å²) in [6, 6.07) is 0. The number of rotatable bonds is 6. The van der Waals surface area contributed by atoms with Crippen molar-refractivity contribution in [1.82, 2.24) is 9.78 Å². The van der Waals surface area contributed by atoms with E-state index in [1.807, 2.05) is 6.92 Å². The van der Waals surface area contributed by atoms with Crippen LogP contribution in [0.5, 0.6) is 0 Å². The molecule has 2 rings (SSSR count). The predicted molar refractivity (Wildman–Crippen MR) is 83.8 cm³/mol. The molecule has 0 aliphatic heterocycles. The zero-order chi connectivity index (χ0) is 15.5. The number of hydrogen-bond acceptors (Lipinski definition) is 3. The summed E-state index contributed by atoms with van der Waals surface area (Å²) in [6.45, 7) is 7.43. The maximum Gasteiger partial charge on any atom is 0.214 e. The predicted octanol–water partition coefficient (Wildman–Crippen LogP) is 4.11. The van der Waals surface area contributed by atoms with E-state index in [0.717, 1.165) is 32.1 Å². The minimum Gasteiger partial charge on any atom is -0.367 e. The third-order valence-electron chi connectivity index (χ3n) is 4.24. The molecule has 0 radical (unpaired) electrons. The third kappa shape index (κ3) is 3.32. The number of Topliss-reactive ketones (excluding diaryl/α,β-unsaturated/α-hetero) is 1. The molecule has 0 N–H and O–H groups in total. The average Bonchev–Trinajstić information content (AvgIpc) is 2.80. The first-order valence-corrected chi connectivity index (χ1v) is 8.32. The number of hydrogen-bond donors (Lipinski definition) is 0. The van der Waals surface area contributed by atoms with Crippen LogP contribution in [-0.4, -0.2) is 27.8 Å². The highest BCUT2D eigenvalue weighted by atomic mass is 35.5. The highest BCUT2D eigenvalue weighted by molar-refractivity contribution is 6.34. The quantitative estimate of drug-likeness (QED) is 0.742. The molecule has 1 aliphatic carbocycles. The van der Waals surface area contributed by atoms with Crippen LogP contribution in [-0.2, 0) is 11.3 Å². The van der Waals surface area contributed by atoms with Gasteiger partial charge in [0.2, 0.25) is 5.78 Å². The molecule has 4 nitrogen and oxygen atoms in total. The van der Waals surface area contributed by atoms with Crippen molar-refractivity contribution in [2.24, 2.45) is 5.92 Å². The first-order valence-electron chi connectivity index (χ1n) is 7.94. The van der Waals surface area contributed by atoms with Crippen LogP contribution < -0.4 is 0 Å². The Morgan fingerprint density at radius 2 is 2.33 bits per heavy atom. The second kappa shape index (κ2) is 6.93. The van der Waals surface area contributed by atoms with Gasteiger partial charge < -0.3 is 4.74 Å². The number of ether oxygens (including phenoxy) is 1. The van der Waals surface area contributed by atoms with E-state index in [1.165, 1.54) is 0 Å². The summed E-state index contributed by atoms with van der Waals surface area (Å²) in [7, 11) is 0. The van der Waals surface area contributed by atoms with E-state index in [0.29, 0.717) is 29.8 Å². The smallest absolute Gasteiger partial charge is 0.214 e. The molecule has 118 valence electrons. The van der Waals surface area contributed by atoms with Crippen LogP contribution in [0.4, 0.5) is 0 Å². The molecule has 1 fully saturated rings. The molecule has 2 atom stereocenters. The highest BCUT2D eigenvalue weighted by Crippen LogP contribution is 2.38. The molecular weight excluding hydrogens is 288 g/mol. The molecule has 0 bridgehead atoms. The van der Waals surface area contributed by atoms with Crippen LogP contribution in [0.15, 0.2) is 6.20 Å². The van der Waals surface area contributed by atoms with Crippen molar-refractivity contribution in [1.29, 1.82) is 0 Å². The van der Waals surface area contributed by atoms with E-state index < -0.39 is 5.60 Å². The maximum absolute atomic E-state index is 13.2. The van der Waals surface area contributed by atoms with E-state index in [9.17, 15) is 4.79 Å². The Labute approximate surface area is 131 Å². The lowest BCUT2D eigenvalue weighted by molar-refractivity contribution is -0.0517. The standard InChI is InChI=1S/C16H25ClN2O2/c1-4-9-19-14(13(17)11-18-19)15(20)16(21-5-2)8-6-7-12(3)10-16/h11-12H,4-10H2,1-3H3. The summed E-state index contributed by atoms with van der Waals surface area (Å²) in [5.74, 6) is 0.502. The average molecular weight is 313 g/mol. The topological polar surface area (TPSA) is 44.1 Å². The van der Waals surface area contributed by atoms with E-state index in [1.54, 1.807) is 10.9 Å². The fourth-order valence-electron chi connectivity index (χ4n) is 3.37. The largest absolute Gasteiger partial charge is 0.367 e. The summed E-state index contributed by atoms with van der Waals surface area (Å²) in [5.41, 5.74) is -0.206. The summed E-state index contributed by atoms with van der Waals surface area (Å²) in [4.78, 5) is 13.2. The first kappa shape index (κ1) is 16.5. The number of ketones is 1. The number of carbonyl (C=O) groups is 1. The Bertz CT molecular complexity index is 496. The van der Waals surface area contributed by atoms with Gasteiger partial charge in [0, 0.05) is 13.2 Å². The molecule has 5 heteroatoms. The second-order valence-corrected chi connectivity index (χ2v) is 6.43. The van der Waals surface area contributed by atoms with Gasteiger partial charge in [-0.2, -0.15) is 5.10 Å². The second-order valence-electron chi connectivity index (χ2n) is 6.02. The van der Waals surface area contributed by atoms with Gasteiger partial charge in [-0.25, -0.2) is 0 Å². The Balaban J connectivity index is 2.36. The fraction of sp³-hybridized carbons (Fsp3) is 0.750. The van der Waals surface area contributed by atoms with Gasteiger partial charge >= 0.3 is 0 Å². The van der Waals surface area contributed by atoms with Crippen LogP contribution >= 0.6 is 11.6 Å². The summed E-state index contributed by atoms with van der Waals surface area (Å²) < 4.78 is 7.69. The number of carbonyl (C=O) groups excluding carboxylic acids is 1. The number of aromatic nitrogens is 2. The molecule has 1 aliphatic rings. The molecule has 21 heavy (non-hydrogen) atoms. The molecule has 1 heterocycles. The molecule has 0 spiro atoms. The SMILES string of the molecule is CCCn1ncc(Cl)c1C(=O)C1(OCC)CCCC(C)C1. The van der Waals surface area contributed by atoms with Gasteiger partial charge in [0.25, 0.3) is 0 Å². The Morgan fingerprint density at radius 1 is 1.57 bits per heavy atom. The van der Waals surface area contributed by atoms with Gasteiger partial charge in [-0.3, -0.25) is 9.48 Å². The molecule has 1 aromatic rings. The Hall–Kier alpha value is -0.870. The van der Waals surface area contributed by atoms with Crippen LogP contribution in [0.3, 0.4) is 0 Å². The fourth-order valence-corrected chi connectivity index (χ4v) is 3.59. The summed E-state index contributed by atoms with van der Waals surface area (Å²) >= 11 is 6.23. The molecule has 0 amide bonds. The normalized spacial score (nSPS) is 26.0. The van der Waals surface area contributed by atoms with Gasteiger partial charge in [0.1, 0.15) is 11.3 Å². The van der Waals surface area contributed by atoms with Crippen molar-refractivity contribution >= 4 is 17.4 Å². The Kier molecular flexibility index (Phi) is 5.44. The van der Waals surface area contributed by atoms with E-state index in [4.69, 9.17) is 16.3 Å². The first-order chi connectivity index (χ1) is 10.0. The third-order valence-corrected chi connectivity index (χ3v) is 4.51. The van der Waals surface area contributed by atoms with Gasteiger partial charge in [-0.1, -0.05) is 31.9 Å². The van der Waals surface area contributed by atoms with Gasteiger partial charge in [-0.05, 0) is 38.5 Å². The van der Waals surface area contributed by atoms with Crippen LogP contribution in [0.2, 0.25) is 5.02 Å². The van der Waals surface area contributed by atoms with Crippen LogP contribution in [0, 0.1) is 5.92 Å². The van der Waals surface area contributed by atoms with Crippen LogP contribution in [0.25, 0.3) is 0 Å². The monoisotopic (exact) mass is 312 g/mol. The van der Waals surface area contributed by atoms with Crippen molar-refractivity contribution in [3.05, 3.63) is 16.9 Å². The minimum absolute atomic E-state index is 0.00634. The van der Waals surface area contributed by atoms with Crippen molar-refractivity contribution in [2.45, 2.75) is 65.0 Å². The molecule has 1 saturated carbocycles. The summed E-state index contributed by atoms with van der Waals surface area (Å²) in [5, 5.41) is 4.68. The van der Waals surface area contributed by atoms with Crippen molar-refractivity contribution in [3.8, 4) is 0 Å². The number of halogens is 1. The lowest BCUT2D eigenvalue weighted by atomic mass is 9.75. The molecule has 0 saturated heterocycles. The lowest BCUT2D eigenvalue weighted by Gasteiger charge is -2.38. The number of nitrogens with zero attached hydrogens (tertiary/aromatic N) is 2. The van der Waals surface area contributed by atoms with Crippen LogP contribution in [0.1, 0.15) is 63.4 Å².